The molecule has 0 aromatic carbocycles. The maximum atomic E-state index is 5.38. The van der Waals surface area contributed by atoms with Crippen LogP contribution in [0.4, 0.5) is 5.95 Å². The Morgan fingerprint density at radius 1 is 1.73 bits per heavy atom. The van der Waals surface area contributed by atoms with E-state index in [1.807, 2.05) is 12.4 Å². The highest BCUT2D eigenvalue weighted by atomic mass is 16.5. The Morgan fingerprint density at radius 2 is 2.67 bits per heavy atom. The first-order valence-corrected chi connectivity index (χ1v) is 5.46. The largest absolute Gasteiger partial charge is 0.378 e. The van der Waals surface area contributed by atoms with E-state index in [1.165, 1.54) is 0 Å². The minimum absolute atomic E-state index is 0.390. The van der Waals surface area contributed by atoms with Gasteiger partial charge in [0, 0.05) is 38.1 Å². The lowest BCUT2D eigenvalue weighted by Crippen LogP contribution is -2.45. The summed E-state index contributed by atoms with van der Waals surface area (Å²) in [6.07, 6.45) is 3.80. The lowest BCUT2D eigenvalue weighted by molar-refractivity contribution is 0.0806. The van der Waals surface area contributed by atoms with Gasteiger partial charge in [-0.15, -0.1) is 0 Å². The van der Waals surface area contributed by atoms with Crippen molar-refractivity contribution in [2.24, 2.45) is 0 Å². The third-order valence-electron chi connectivity index (χ3n) is 2.56. The van der Waals surface area contributed by atoms with E-state index >= 15 is 0 Å². The minimum Gasteiger partial charge on any atom is -0.378 e. The van der Waals surface area contributed by atoms with Gasteiger partial charge in [0.15, 0.2) is 0 Å². The average Bonchev–Trinajstić information content (AvgIpc) is 2.75. The summed E-state index contributed by atoms with van der Waals surface area (Å²) in [4.78, 5) is 4.25. The van der Waals surface area contributed by atoms with E-state index in [2.05, 4.69) is 27.1 Å². The molecule has 0 radical (unpaired) electrons. The van der Waals surface area contributed by atoms with Crippen LogP contribution in [0.2, 0.25) is 0 Å². The number of aryl methyl sites for hydroxylation is 1. The van der Waals surface area contributed by atoms with Crippen molar-refractivity contribution >= 4 is 5.95 Å². The van der Waals surface area contributed by atoms with E-state index in [-0.39, 0.29) is 0 Å². The molecular formula is C10H18N4O. The number of nitrogens with one attached hydrogen (secondary N) is 2. The van der Waals surface area contributed by atoms with E-state index < -0.39 is 0 Å². The first kappa shape index (κ1) is 10.4. The molecule has 2 rings (SSSR count). The summed E-state index contributed by atoms with van der Waals surface area (Å²) in [5.41, 5.74) is 0. The molecule has 1 saturated heterocycles. The molecule has 84 valence electrons. The molecule has 1 aromatic heterocycles. The van der Waals surface area contributed by atoms with Gasteiger partial charge >= 0.3 is 0 Å². The summed E-state index contributed by atoms with van der Waals surface area (Å²) in [5, 5.41) is 6.72. The van der Waals surface area contributed by atoms with Gasteiger partial charge in [0.25, 0.3) is 0 Å². The molecule has 0 spiro atoms. The van der Waals surface area contributed by atoms with Crippen LogP contribution in [0.25, 0.3) is 0 Å². The van der Waals surface area contributed by atoms with Crippen LogP contribution in [0.3, 0.4) is 0 Å². The van der Waals surface area contributed by atoms with E-state index in [4.69, 9.17) is 4.74 Å². The van der Waals surface area contributed by atoms with Gasteiger partial charge in [0.2, 0.25) is 5.95 Å². The number of morpholine rings is 1. The third-order valence-corrected chi connectivity index (χ3v) is 2.56. The predicted molar refractivity (Wildman–Crippen MR) is 59.0 cm³/mol. The number of anilines is 1. The highest BCUT2D eigenvalue weighted by Crippen LogP contribution is 2.04. The number of rotatable bonds is 4. The van der Waals surface area contributed by atoms with Crippen LogP contribution in [0.15, 0.2) is 12.4 Å². The molecule has 1 aromatic rings. The van der Waals surface area contributed by atoms with Gasteiger partial charge in [-0.3, -0.25) is 0 Å². The first-order chi connectivity index (χ1) is 7.40. The minimum atomic E-state index is 0.390. The van der Waals surface area contributed by atoms with Crippen LogP contribution < -0.4 is 10.6 Å². The van der Waals surface area contributed by atoms with Gasteiger partial charge in [-0.1, -0.05) is 0 Å². The fraction of sp³-hybridized carbons (Fsp3) is 0.700. The molecule has 1 fully saturated rings. The number of imidazole rings is 1. The van der Waals surface area contributed by atoms with Crippen molar-refractivity contribution in [1.82, 2.24) is 14.9 Å². The fourth-order valence-corrected chi connectivity index (χ4v) is 1.70. The van der Waals surface area contributed by atoms with Crippen molar-refractivity contribution in [2.45, 2.75) is 19.5 Å². The van der Waals surface area contributed by atoms with Crippen molar-refractivity contribution in [3.63, 3.8) is 0 Å². The van der Waals surface area contributed by atoms with Crippen LogP contribution in [0.5, 0.6) is 0 Å². The van der Waals surface area contributed by atoms with E-state index in [0.717, 1.165) is 38.8 Å². The van der Waals surface area contributed by atoms with Gasteiger partial charge in [0.05, 0.1) is 13.2 Å². The van der Waals surface area contributed by atoms with E-state index in [1.54, 1.807) is 0 Å². The summed E-state index contributed by atoms with van der Waals surface area (Å²) >= 11 is 0. The molecule has 0 amide bonds. The second-order valence-electron chi connectivity index (χ2n) is 3.64. The molecule has 5 heteroatoms. The lowest BCUT2D eigenvalue weighted by atomic mass is 10.3. The van der Waals surface area contributed by atoms with Gasteiger partial charge in [0.1, 0.15) is 0 Å². The van der Waals surface area contributed by atoms with Crippen LogP contribution in [-0.4, -0.2) is 41.9 Å². The maximum Gasteiger partial charge on any atom is 0.202 e. The summed E-state index contributed by atoms with van der Waals surface area (Å²) in [6, 6.07) is 0.390. The predicted octanol–water partition coefficient (Wildman–Crippen LogP) is 0.303. The standard InChI is InChI=1S/C10H18N4O/c1-2-14-5-3-12-10(14)13-7-9-8-15-6-4-11-9/h3,5,9,11H,2,4,6-8H2,1H3,(H,12,13). The zero-order valence-electron chi connectivity index (χ0n) is 9.07. The van der Waals surface area contributed by atoms with Crippen molar-refractivity contribution in [2.75, 3.05) is 31.6 Å². The molecule has 2 heterocycles. The van der Waals surface area contributed by atoms with Crippen LogP contribution in [0, 0.1) is 0 Å². The Kier molecular flexibility index (Phi) is 3.58. The highest BCUT2D eigenvalue weighted by molar-refractivity contribution is 5.26. The summed E-state index contributed by atoms with van der Waals surface area (Å²) in [5.74, 6) is 0.935. The van der Waals surface area contributed by atoms with Crippen LogP contribution in [-0.2, 0) is 11.3 Å². The zero-order chi connectivity index (χ0) is 10.5. The topological polar surface area (TPSA) is 51.1 Å². The fourth-order valence-electron chi connectivity index (χ4n) is 1.70. The molecule has 1 aliphatic rings. The molecular weight excluding hydrogens is 192 g/mol. The molecule has 15 heavy (non-hydrogen) atoms. The summed E-state index contributed by atoms with van der Waals surface area (Å²) < 4.78 is 7.47. The smallest absolute Gasteiger partial charge is 0.202 e. The second kappa shape index (κ2) is 5.14. The maximum absolute atomic E-state index is 5.38. The van der Waals surface area contributed by atoms with Crippen molar-refractivity contribution in [3.8, 4) is 0 Å². The quantitative estimate of drug-likeness (QED) is 0.750. The summed E-state index contributed by atoms with van der Waals surface area (Å²) in [6.45, 7) is 6.44. The molecule has 1 aliphatic heterocycles. The van der Waals surface area contributed by atoms with Gasteiger partial charge < -0.3 is 19.9 Å². The Balaban J connectivity index is 1.81. The molecule has 2 N–H and O–H groups in total. The number of ether oxygens (including phenoxy) is 1. The number of hydrogen-bond acceptors (Lipinski definition) is 4. The number of nitrogens with zero attached hydrogens (tertiary/aromatic N) is 2. The lowest BCUT2D eigenvalue weighted by Gasteiger charge is -2.24. The monoisotopic (exact) mass is 210 g/mol. The Labute approximate surface area is 89.8 Å². The molecule has 1 unspecified atom stereocenters. The highest BCUT2D eigenvalue weighted by Gasteiger charge is 2.13. The Morgan fingerprint density at radius 3 is 3.40 bits per heavy atom. The molecule has 5 nitrogen and oxygen atoms in total. The number of aromatic nitrogens is 2. The molecule has 0 aliphatic carbocycles. The second-order valence-corrected chi connectivity index (χ2v) is 3.64. The van der Waals surface area contributed by atoms with Crippen LogP contribution in [0.1, 0.15) is 6.92 Å². The Hall–Kier alpha value is -1.07. The molecule has 1 atom stereocenters. The number of hydrogen-bond donors (Lipinski definition) is 2. The van der Waals surface area contributed by atoms with Crippen LogP contribution >= 0.6 is 0 Å². The van der Waals surface area contributed by atoms with Crippen molar-refractivity contribution in [1.29, 1.82) is 0 Å². The average molecular weight is 210 g/mol. The van der Waals surface area contributed by atoms with E-state index in [0.29, 0.717) is 6.04 Å². The Bertz CT molecular complexity index is 293. The first-order valence-electron chi connectivity index (χ1n) is 5.46. The molecule has 0 bridgehead atoms. The SMILES string of the molecule is CCn1ccnc1NCC1COCCN1. The van der Waals surface area contributed by atoms with Gasteiger partial charge in [-0.2, -0.15) is 0 Å². The summed E-state index contributed by atoms with van der Waals surface area (Å²) in [7, 11) is 0. The van der Waals surface area contributed by atoms with Crippen molar-refractivity contribution in [3.05, 3.63) is 12.4 Å². The van der Waals surface area contributed by atoms with Crippen molar-refractivity contribution < 1.29 is 4.74 Å². The van der Waals surface area contributed by atoms with Gasteiger partial charge in [-0.05, 0) is 6.92 Å². The third kappa shape index (κ3) is 2.70. The van der Waals surface area contributed by atoms with E-state index in [9.17, 15) is 0 Å². The normalized spacial score (nSPS) is 21.5. The molecule has 0 saturated carbocycles. The van der Waals surface area contributed by atoms with Gasteiger partial charge in [-0.25, -0.2) is 4.98 Å². The zero-order valence-corrected chi connectivity index (χ0v) is 9.07.